The first-order valence-electron chi connectivity index (χ1n) is 0.604. The van der Waals surface area contributed by atoms with Crippen LogP contribution in [0, 0.1) is 0 Å². The van der Waals surface area contributed by atoms with E-state index in [9.17, 15) is 0 Å². The Balaban J connectivity index is 0. The van der Waals surface area contributed by atoms with Crippen LogP contribution in [0.3, 0.4) is 0 Å². The summed E-state index contributed by atoms with van der Waals surface area (Å²) in [6.45, 7) is 0. The molecule has 0 bridgehead atoms. The van der Waals surface area contributed by atoms with Gasteiger partial charge in [0, 0.05) is 0 Å². The summed E-state index contributed by atoms with van der Waals surface area (Å²) in [6.07, 6.45) is 0. The number of nitrogens with two attached hydrogens (primary N) is 2. The van der Waals surface area contributed by atoms with Crippen molar-refractivity contribution < 1.29 is 14.5 Å². The molecule has 6 heteroatoms. The van der Waals surface area contributed by atoms with Gasteiger partial charge in [0.1, 0.15) is 0 Å². The van der Waals surface area contributed by atoms with Gasteiger partial charge in [-0.1, -0.05) is 0 Å². The van der Waals surface area contributed by atoms with E-state index in [2.05, 4.69) is 0 Å². The third-order valence-corrected chi connectivity index (χ3v) is 0. The fourth-order valence-electron chi connectivity index (χ4n) is 0. The average Bonchev–Trinajstić information content (AvgIpc) is 0.722. The first kappa shape index (κ1) is 10.8. The summed E-state index contributed by atoms with van der Waals surface area (Å²) in [4.78, 5) is 0. The molecule has 0 amide bonds. The summed E-state index contributed by atoms with van der Waals surface area (Å²) in [6, 6.07) is 0. The van der Waals surface area contributed by atoms with Gasteiger partial charge in [-0.3, -0.25) is 0 Å². The van der Waals surface area contributed by atoms with Crippen molar-refractivity contribution in [3.05, 3.63) is 0 Å². The van der Waals surface area contributed by atoms with E-state index in [1.54, 1.807) is 0 Å². The average molecular weight is 426 g/mol. The predicted octanol–water partition coefficient (Wildman–Crippen LogP) is 0.813. The summed E-state index contributed by atoms with van der Waals surface area (Å²) in [5, 5.41) is 0. The second-order valence-corrected chi connectivity index (χ2v) is 11.0. The second kappa shape index (κ2) is 3.86. The molecule has 0 aliphatic heterocycles. The van der Waals surface area contributed by atoms with Crippen molar-refractivity contribution >= 4 is 42.8 Å². The fourth-order valence-corrected chi connectivity index (χ4v) is 0. The molecule has 0 rings (SSSR count). The third-order valence-electron chi connectivity index (χ3n) is 0. The predicted molar refractivity (Wildman–Crippen MR) is 35.5 cm³/mol. The van der Waals surface area contributed by atoms with Gasteiger partial charge >= 0.3 is 41.9 Å². The van der Waals surface area contributed by atoms with Gasteiger partial charge in [-0.25, -0.2) is 0 Å². The molecule has 4 N–H and O–H groups in total. The Kier molecular flexibility index (Phi) is 6.97. The molecule has 0 unspecified atom stereocenters. The number of rotatable bonds is 0. The van der Waals surface area contributed by atoms with E-state index in [4.69, 9.17) is 27.4 Å². The normalized spacial score (nSPS) is 12.7. The summed E-state index contributed by atoms with van der Waals surface area (Å²) in [7, 11) is 10.1. The second-order valence-electron chi connectivity index (χ2n) is 0.427. The van der Waals surface area contributed by atoms with Crippen LogP contribution in [0.1, 0.15) is 0 Å². The van der Waals surface area contributed by atoms with Crippen LogP contribution in [-0.2, 0) is 14.5 Å². The zero-order valence-corrected chi connectivity index (χ0v) is 8.75. The van der Waals surface area contributed by atoms with Gasteiger partial charge in [-0.15, -0.1) is 24.0 Å². The van der Waals surface area contributed by atoms with Gasteiger partial charge in [-0.2, -0.15) is 0 Å². The fraction of sp³-hybridized carbons (Fsp3) is 0. The van der Waals surface area contributed by atoms with Gasteiger partial charge in [0.25, 0.3) is 0 Å². The molecule has 0 saturated heterocycles. The molecule has 0 aromatic rings. The van der Waals surface area contributed by atoms with Crippen LogP contribution in [-0.4, -0.2) is 0 Å². The topological polar surface area (TPSA) is 52.0 Å². The van der Waals surface area contributed by atoms with E-state index in [0.29, 0.717) is 0 Å². The SMILES string of the molecule is I.[NH2][Pt]([NH2])([Cl])[Cl]. The Bertz CT molecular complexity index is 27.0. The van der Waals surface area contributed by atoms with Gasteiger partial charge in [0.15, 0.2) is 0 Å². The zero-order valence-electron chi connectivity index (χ0n) is 2.64. The van der Waals surface area contributed by atoms with Crippen molar-refractivity contribution in [2.75, 3.05) is 0 Å². The molecule has 46 valence electrons. The molecule has 0 aromatic carbocycles. The monoisotopic (exact) mass is 425 g/mol. The Morgan fingerprint density at radius 2 is 1.17 bits per heavy atom. The van der Waals surface area contributed by atoms with Crippen molar-refractivity contribution in [2.24, 2.45) is 8.58 Å². The number of hydrogen-bond donors (Lipinski definition) is 2. The quantitative estimate of drug-likeness (QED) is 0.564. The minimum atomic E-state index is -3.00. The van der Waals surface area contributed by atoms with Crippen LogP contribution in [0.5, 0.6) is 0 Å². The molecule has 0 spiro atoms. The maximum atomic E-state index is 5.03. The molecule has 0 aromatic heterocycles. The van der Waals surface area contributed by atoms with Crippen molar-refractivity contribution in [3.8, 4) is 0 Å². The van der Waals surface area contributed by atoms with Gasteiger partial charge < -0.3 is 0 Å². The summed E-state index contributed by atoms with van der Waals surface area (Å²) < 4.78 is 9.69. The van der Waals surface area contributed by atoms with Crippen molar-refractivity contribution in [1.82, 2.24) is 0 Å². The third kappa shape index (κ3) is 38.9. The molecule has 6 heavy (non-hydrogen) atoms. The number of hydrogen-bond acceptors (Lipinski definition) is 2. The number of halogens is 3. The molecule has 0 radical (unpaired) electrons. The molecule has 0 aliphatic rings. The molecule has 0 saturated carbocycles. The van der Waals surface area contributed by atoms with Crippen LogP contribution < -0.4 is 8.58 Å². The van der Waals surface area contributed by atoms with E-state index < -0.39 is 14.5 Å². The molecular weight excluding hydrogens is 421 g/mol. The molecule has 0 heterocycles. The first-order chi connectivity index (χ1) is 2.00. The van der Waals surface area contributed by atoms with Crippen molar-refractivity contribution in [2.45, 2.75) is 0 Å². The van der Waals surface area contributed by atoms with Crippen LogP contribution in [0.2, 0.25) is 0 Å². The van der Waals surface area contributed by atoms with E-state index in [-0.39, 0.29) is 24.0 Å². The minimum absolute atomic E-state index is 0. The molecular formula is H5Cl2IN2Pt. The maximum absolute atomic E-state index is 5.03. The molecule has 0 aliphatic carbocycles. The first-order valence-corrected chi connectivity index (χ1v) is 8.86. The van der Waals surface area contributed by atoms with Crippen LogP contribution in [0.4, 0.5) is 0 Å². The van der Waals surface area contributed by atoms with Crippen LogP contribution in [0.25, 0.3) is 0 Å². The summed E-state index contributed by atoms with van der Waals surface area (Å²) >= 11 is -3.00. The Morgan fingerprint density at radius 1 is 1.17 bits per heavy atom. The van der Waals surface area contributed by atoms with E-state index in [0.717, 1.165) is 0 Å². The van der Waals surface area contributed by atoms with E-state index >= 15 is 0 Å². The molecule has 0 atom stereocenters. The van der Waals surface area contributed by atoms with Gasteiger partial charge in [-0.05, 0) is 0 Å². The zero-order chi connectivity index (χ0) is 4.50. The summed E-state index contributed by atoms with van der Waals surface area (Å²) in [5.74, 6) is 0. The Hall–Kier alpha value is 1.92. The molecule has 2 nitrogen and oxygen atoms in total. The van der Waals surface area contributed by atoms with Crippen molar-refractivity contribution in [3.63, 3.8) is 0 Å². The Labute approximate surface area is 65.2 Å². The van der Waals surface area contributed by atoms with E-state index in [1.807, 2.05) is 0 Å². The van der Waals surface area contributed by atoms with Gasteiger partial charge in [0.05, 0.1) is 0 Å². The van der Waals surface area contributed by atoms with Crippen LogP contribution >= 0.6 is 42.8 Å². The molecule has 0 fully saturated rings. The van der Waals surface area contributed by atoms with Crippen molar-refractivity contribution in [1.29, 1.82) is 0 Å². The van der Waals surface area contributed by atoms with E-state index in [1.165, 1.54) is 0 Å². The summed E-state index contributed by atoms with van der Waals surface area (Å²) in [5.41, 5.74) is 0. The Morgan fingerprint density at radius 3 is 1.17 bits per heavy atom. The van der Waals surface area contributed by atoms with Crippen LogP contribution in [0.15, 0.2) is 0 Å². The van der Waals surface area contributed by atoms with Gasteiger partial charge in [0.2, 0.25) is 0 Å². The standard InChI is InChI=1S/2ClH.HI.2H2N.Pt/h3*1H;2*1H2;/q;;;2*-1;+4/p-2.